The van der Waals surface area contributed by atoms with E-state index in [2.05, 4.69) is 10.2 Å². The largest absolute Gasteiger partial charge is 0.483 e. The number of aryl methyl sites for hydroxylation is 1. The van der Waals surface area contributed by atoms with Gasteiger partial charge >= 0.3 is 6.18 Å². The Bertz CT molecular complexity index is 1110. The molecular formula is C20H15F3N4O2S2. The highest BCUT2D eigenvalue weighted by atomic mass is 32.2. The third-order valence-corrected chi connectivity index (χ3v) is 6.15. The molecule has 0 aliphatic heterocycles. The minimum Gasteiger partial charge on any atom is -0.483 e. The van der Waals surface area contributed by atoms with Crippen LogP contribution in [0.5, 0.6) is 5.75 Å². The number of nitrogens with zero attached hydrogens (tertiary/aromatic N) is 3. The van der Waals surface area contributed by atoms with E-state index in [0.717, 1.165) is 27.6 Å². The molecule has 2 aromatic carbocycles. The van der Waals surface area contributed by atoms with Gasteiger partial charge in [0.15, 0.2) is 12.8 Å². The molecule has 1 amide bonds. The summed E-state index contributed by atoms with van der Waals surface area (Å²) in [5, 5.41) is 19.9. The van der Waals surface area contributed by atoms with Crippen LogP contribution in [0, 0.1) is 18.4 Å². The van der Waals surface area contributed by atoms with Crippen molar-refractivity contribution in [3.63, 3.8) is 0 Å². The highest BCUT2D eigenvalue weighted by Gasteiger charge is 2.30. The van der Waals surface area contributed by atoms with Gasteiger partial charge in [0.25, 0.3) is 5.91 Å². The van der Waals surface area contributed by atoms with Crippen molar-refractivity contribution < 1.29 is 22.7 Å². The summed E-state index contributed by atoms with van der Waals surface area (Å²) >= 11 is 2.85. The minimum absolute atomic E-state index is 0.252. The molecule has 1 N–H and O–H groups in total. The first kappa shape index (κ1) is 22.6. The number of alkyl halides is 3. The van der Waals surface area contributed by atoms with Gasteiger partial charge in [0, 0.05) is 10.5 Å². The zero-order valence-corrected chi connectivity index (χ0v) is 17.7. The quantitative estimate of drug-likeness (QED) is 0.307. The van der Waals surface area contributed by atoms with E-state index in [-0.39, 0.29) is 6.61 Å². The molecular weight excluding hydrogens is 449 g/mol. The summed E-state index contributed by atoms with van der Waals surface area (Å²) in [4.78, 5) is 12.3. The average molecular weight is 464 g/mol. The zero-order chi connectivity index (χ0) is 22.4. The van der Waals surface area contributed by atoms with Crippen LogP contribution in [0.2, 0.25) is 0 Å². The standard InChI is InChI=1S/C20H15F3N4O2S2/c1-12-8-15(6-7-16(12)29-9-17(28)25-11-24)30-10-18-26-27-19(31-18)13-2-4-14(5-3-13)20(21,22)23/h2-8H,9-10H2,1H3,(H,25,28). The van der Waals surface area contributed by atoms with Crippen molar-refractivity contribution in [2.75, 3.05) is 6.61 Å². The van der Waals surface area contributed by atoms with E-state index in [9.17, 15) is 18.0 Å². The topological polar surface area (TPSA) is 87.9 Å². The third-order valence-electron chi connectivity index (χ3n) is 3.99. The Morgan fingerprint density at radius 1 is 1.23 bits per heavy atom. The fraction of sp³-hybridized carbons (Fsp3) is 0.200. The summed E-state index contributed by atoms with van der Waals surface area (Å²) in [5.74, 6) is 0.557. The molecule has 6 nitrogen and oxygen atoms in total. The molecule has 0 radical (unpaired) electrons. The monoisotopic (exact) mass is 464 g/mol. The lowest BCUT2D eigenvalue weighted by atomic mass is 10.1. The number of amides is 1. The number of carbonyl (C=O) groups excluding carboxylic acids is 1. The maximum atomic E-state index is 12.7. The smallest absolute Gasteiger partial charge is 0.416 e. The molecule has 0 atom stereocenters. The van der Waals surface area contributed by atoms with Crippen molar-refractivity contribution in [2.24, 2.45) is 0 Å². The minimum atomic E-state index is -4.37. The number of rotatable bonds is 7. The van der Waals surface area contributed by atoms with Gasteiger partial charge in [-0.3, -0.25) is 10.1 Å². The molecule has 11 heteroatoms. The van der Waals surface area contributed by atoms with E-state index in [1.54, 1.807) is 12.3 Å². The number of thioether (sulfide) groups is 1. The molecule has 3 rings (SSSR count). The summed E-state index contributed by atoms with van der Waals surface area (Å²) in [5.41, 5.74) is 0.710. The lowest BCUT2D eigenvalue weighted by Crippen LogP contribution is -2.24. The van der Waals surface area contributed by atoms with Crippen LogP contribution >= 0.6 is 23.1 Å². The molecule has 160 valence electrons. The van der Waals surface area contributed by atoms with E-state index >= 15 is 0 Å². The van der Waals surface area contributed by atoms with Crippen molar-refractivity contribution in [1.82, 2.24) is 15.5 Å². The molecule has 3 aromatic rings. The number of hydrogen-bond acceptors (Lipinski definition) is 7. The van der Waals surface area contributed by atoms with Gasteiger partial charge in [0.1, 0.15) is 15.8 Å². The molecule has 0 spiro atoms. The molecule has 0 unspecified atom stereocenters. The van der Waals surface area contributed by atoms with Crippen LogP contribution in [0.3, 0.4) is 0 Å². The summed E-state index contributed by atoms with van der Waals surface area (Å²) < 4.78 is 43.4. The van der Waals surface area contributed by atoms with E-state index in [0.29, 0.717) is 22.1 Å². The SMILES string of the molecule is Cc1cc(SCc2nnc(-c3ccc(C(F)(F)F)cc3)s2)ccc1OCC(=O)NC#N. The van der Waals surface area contributed by atoms with Gasteiger partial charge in [-0.15, -0.1) is 22.0 Å². The van der Waals surface area contributed by atoms with Crippen molar-refractivity contribution >= 4 is 29.0 Å². The maximum absolute atomic E-state index is 12.7. The third kappa shape index (κ3) is 6.19. The summed E-state index contributed by atoms with van der Waals surface area (Å²) in [6, 6.07) is 10.3. The first-order chi connectivity index (χ1) is 14.8. The van der Waals surface area contributed by atoms with E-state index in [1.807, 2.05) is 24.4 Å². The average Bonchev–Trinajstić information content (AvgIpc) is 3.20. The number of aromatic nitrogens is 2. The molecule has 0 aliphatic rings. The summed E-state index contributed by atoms with van der Waals surface area (Å²) in [6.45, 7) is 1.59. The van der Waals surface area contributed by atoms with Crippen molar-refractivity contribution in [2.45, 2.75) is 23.7 Å². The predicted molar refractivity (Wildman–Crippen MR) is 110 cm³/mol. The number of ether oxygens (including phenoxy) is 1. The van der Waals surface area contributed by atoms with Gasteiger partial charge in [-0.25, -0.2) is 0 Å². The number of carbonyl (C=O) groups is 1. The molecule has 0 saturated heterocycles. The van der Waals surface area contributed by atoms with Gasteiger partial charge in [-0.1, -0.05) is 23.5 Å². The van der Waals surface area contributed by atoms with Crippen LogP contribution in [0.1, 0.15) is 16.1 Å². The van der Waals surface area contributed by atoms with E-state index < -0.39 is 17.6 Å². The Labute approximate surface area is 184 Å². The Hall–Kier alpha value is -3.10. The first-order valence-corrected chi connectivity index (χ1v) is 10.6. The molecule has 0 aliphatic carbocycles. The second-order valence-corrected chi connectivity index (χ2v) is 8.35. The van der Waals surface area contributed by atoms with Gasteiger partial charge in [-0.05, 0) is 42.8 Å². The molecule has 0 bridgehead atoms. The number of halogens is 3. The Kier molecular flexibility index (Phi) is 7.14. The second-order valence-electron chi connectivity index (χ2n) is 6.24. The molecule has 0 fully saturated rings. The molecule has 1 aromatic heterocycles. The number of nitrogens with one attached hydrogen (secondary N) is 1. The first-order valence-electron chi connectivity index (χ1n) is 8.80. The van der Waals surface area contributed by atoms with Crippen molar-refractivity contribution in [3.8, 4) is 22.5 Å². The molecule has 31 heavy (non-hydrogen) atoms. The van der Waals surface area contributed by atoms with E-state index in [4.69, 9.17) is 10.00 Å². The number of nitriles is 1. The Balaban J connectivity index is 1.58. The van der Waals surface area contributed by atoms with Crippen molar-refractivity contribution in [1.29, 1.82) is 5.26 Å². The van der Waals surface area contributed by atoms with Crippen LogP contribution in [-0.4, -0.2) is 22.7 Å². The number of hydrogen-bond donors (Lipinski definition) is 1. The summed E-state index contributed by atoms with van der Waals surface area (Å²) in [7, 11) is 0. The van der Waals surface area contributed by atoms with Crippen LogP contribution in [0.15, 0.2) is 47.4 Å². The van der Waals surface area contributed by atoms with Gasteiger partial charge in [-0.2, -0.15) is 18.4 Å². The van der Waals surface area contributed by atoms with Crippen LogP contribution < -0.4 is 10.1 Å². The fourth-order valence-corrected chi connectivity index (χ4v) is 4.32. The number of benzene rings is 2. The Morgan fingerprint density at radius 3 is 2.61 bits per heavy atom. The predicted octanol–water partition coefficient (Wildman–Crippen LogP) is 4.80. The lowest BCUT2D eigenvalue weighted by Gasteiger charge is -2.09. The lowest BCUT2D eigenvalue weighted by molar-refractivity contribution is -0.137. The second kappa shape index (κ2) is 9.80. The normalized spacial score (nSPS) is 11.1. The van der Waals surface area contributed by atoms with Crippen LogP contribution in [0.25, 0.3) is 10.6 Å². The molecule has 1 heterocycles. The van der Waals surface area contributed by atoms with Gasteiger partial charge in [0.2, 0.25) is 0 Å². The van der Waals surface area contributed by atoms with Gasteiger partial charge in [0.05, 0.1) is 11.3 Å². The van der Waals surface area contributed by atoms with Gasteiger partial charge < -0.3 is 4.74 Å². The molecule has 0 saturated carbocycles. The summed E-state index contributed by atoms with van der Waals surface area (Å²) in [6.07, 6.45) is -2.83. The fourth-order valence-electron chi connectivity index (χ4n) is 2.49. The van der Waals surface area contributed by atoms with Crippen molar-refractivity contribution in [3.05, 3.63) is 58.6 Å². The zero-order valence-electron chi connectivity index (χ0n) is 16.1. The highest BCUT2D eigenvalue weighted by Crippen LogP contribution is 2.33. The van der Waals surface area contributed by atoms with Crippen LogP contribution in [0.4, 0.5) is 13.2 Å². The highest BCUT2D eigenvalue weighted by molar-refractivity contribution is 7.98. The Morgan fingerprint density at radius 2 is 1.97 bits per heavy atom. The maximum Gasteiger partial charge on any atom is 0.416 e. The van der Waals surface area contributed by atoms with E-state index in [1.165, 1.54) is 35.2 Å². The van der Waals surface area contributed by atoms with Crippen LogP contribution in [-0.2, 0) is 16.7 Å².